The van der Waals surface area contributed by atoms with Crippen molar-refractivity contribution >= 4 is 40.5 Å². The third-order valence-corrected chi connectivity index (χ3v) is 4.26. The molecule has 150 valence electrons. The van der Waals surface area contributed by atoms with Gasteiger partial charge in [0.25, 0.3) is 5.69 Å². The molecule has 0 saturated heterocycles. The fourth-order valence-electron chi connectivity index (χ4n) is 2.40. The first-order valence-corrected chi connectivity index (χ1v) is 8.99. The van der Waals surface area contributed by atoms with Gasteiger partial charge in [-0.15, -0.1) is 0 Å². The Morgan fingerprint density at radius 1 is 1.29 bits per heavy atom. The zero-order chi connectivity index (χ0) is 20.7. The number of carbonyl (C=O) groups excluding carboxylic acids is 1. The Morgan fingerprint density at radius 3 is 2.57 bits per heavy atom. The van der Waals surface area contributed by atoms with E-state index < -0.39 is 11.0 Å². The van der Waals surface area contributed by atoms with Crippen LogP contribution in [0.3, 0.4) is 0 Å². The van der Waals surface area contributed by atoms with E-state index in [2.05, 4.69) is 5.32 Å². The maximum absolute atomic E-state index is 12.1. The van der Waals surface area contributed by atoms with E-state index in [-0.39, 0.29) is 37.0 Å². The molecule has 2 aromatic rings. The topological polar surface area (TPSA) is 105 Å². The molecule has 2 rings (SSSR count). The van der Waals surface area contributed by atoms with Crippen LogP contribution in [-0.4, -0.2) is 53.7 Å². The van der Waals surface area contributed by atoms with Gasteiger partial charge in [0, 0.05) is 12.6 Å². The first kappa shape index (κ1) is 21.9. The van der Waals surface area contributed by atoms with E-state index in [9.17, 15) is 20.0 Å². The monoisotopic (exact) mass is 427 g/mol. The number of amides is 1. The van der Waals surface area contributed by atoms with Crippen LogP contribution in [0.4, 0.5) is 11.4 Å². The smallest absolute Gasteiger partial charge is 0.273 e. The van der Waals surface area contributed by atoms with E-state index in [4.69, 9.17) is 27.9 Å². The molecule has 8 nitrogen and oxygen atoms in total. The molecule has 0 spiro atoms. The van der Waals surface area contributed by atoms with Gasteiger partial charge in [-0.05, 0) is 25.2 Å². The minimum absolute atomic E-state index is 0.00454. The number of hydrogen-bond acceptors (Lipinski definition) is 6. The average molecular weight is 428 g/mol. The molecule has 0 aromatic heterocycles. The van der Waals surface area contributed by atoms with E-state index >= 15 is 0 Å². The number of rotatable bonds is 9. The Bertz CT molecular complexity index is 829. The summed E-state index contributed by atoms with van der Waals surface area (Å²) in [7, 11) is 1.66. The fourth-order valence-corrected chi connectivity index (χ4v) is 2.89. The van der Waals surface area contributed by atoms with Crippen LogP contribution in [0.25, 0.3) is 0 Å². The quantitative estimate of drug-likeness (QED) is 0.470. The Hall–Kier alpha value is -2.39. The van der Waals surface area contributed by atoms with E-state index in [1.807, 2.05) is 0 Å². The van der Waals surface area contributed by atoms with Gasteiger partial charge in [-0.25, -0.2) is 0 Å². The molecule has 0 aliphatic rings. The molecular formula is C18H19Cl2N3O5. The molecule has 0 aliphatic heterocycles. The molecule has 10 heteroatoms. The van der Waals surface area contributed by atoms with Gasteiger partial charge in [0.05, 0.1) is 33.3 Å². The van der Waals surface area contributed by atoms with Crippen molar-refractivity contribution in [2.24, 2.45) is 0 Å². The maximum Gasteiger partial charge on any atom is 0.273 e. The van der Waals surface area contributed by atoms with Crippen molar-refractivity contribution in [1.29, 1.82) is 0 Å². The van der Waals surface area contributed by atoms with Crippen molar-refractivity contribution in [2.75, 3.05) is 32.1 Å². The van der Waals surface area contributed by atoms with E-state index in [0.717, 1.165) is 0 Å². The Labute approximate surface area is 171 Å². The Balaban J connectivity index is 1.80. The number of carbonyl (C=O) groups is 1. The summed E-state index contributed by atoms with van der Waals surface area (Å²) >= 11 is 12.0. The number of benzene rings is 2. The molecule has 1 unspecified atom stereocenters. The number of ether oxygens (including phenoxy) is 1. The van der Waals surface area contributed by atoms with E-state index in [1.54, 1.807) is 36.2 Å². The first-order chi connectivity index (χ1) is 13.3. The van der Waals surface area contributed by atoms with Gasteiger partial charge in [-0.1, -0.05) is 35.3 Å². The molecule has 1 atom stereocenters. The number of halogens is 2. The zero-order valence-electron chi connectivity index (χ0n) is 15.0. The lowest BCUT2D eigenvalue weighted by Gasteiger charge is -2.20. The van der Waals surface area contributed by atoms with Crippen LogP contribution < -0.4 is 10.1 Å². The highest BCUT2D eigenvalue weighted by Gasteiger charge is 2.15. The van der Waals surface area contributed by atoms with Crippen LogP contribution in [0.1, 0.15) is 0 Å². The first-order valence-electron chi connectivity index (χ1n) is 8.24. The minimum atomic E-state index is -0.902. The van der Waals surface area contributed by atoms with Crippen LogP contribution in [0.15, 0.2) is 42.5 Å². The van der Waals surface area contributed by atoms with Gasteiger partial charge >= 0.3 is 0 Å². The summed E-state index contributed by atoms with van der Waals surface area (Å²) in [6.07, 6.45) is -0.902. The van der Waals surface area contributed by atoms with Crippen LogP contribution >= 0.6 is 23.2 Å². The Kier molecular flexibility index (Phi) is 8.01. The molecular weight excluding hydrogens is 409 g/mol. The summed E-state index contributed by atoms with van der Waals surface area (Å²) in [5.74, 6) is -0.0636. The summed E-state index contributed by atoms with van der Waals surface area (Å²) in [4.78, 5) is 24.0. The van der Waals surface area contributed by atoms with Gasteiger partial charge in [0.2, 0.25) is 5.91 Å². The van der Waals surface area contributed by atoms with Gasteiger partial charge in [0.1, 0.15) is 18.5 Å². The molecule has 2 N–H and O–H groups in total. The number of nitrogens with zero attached hydrogens (tertiary/aromatic N) is 2. The second-order valence-corrected chi connectivity index (χ2v) is 6.88. The predicted octanol–water partition coefficient (Wildman–Crippen LogP) is 3.21. The lowest BCUT2D eigenvalue weighted by atomic mass is 10.3. The number of nitrogens with one attached hydrogen (secondary N) is 1. The number of anilines is 1. The molecule has 0 fully saturated rings. The van der Waals surface area contributed by atoms with Gasteiger partial charge < -0.3 is 15.2 Å². The lowest BCUT2D eigenvalue weighted by molar-refractivity contribution is -0.384. The highest BCUT2D eigenvalue weighted by atomic mass is 35.5. The standard InChI is InChI=1S/C18H19Cl2N3O5/c1-22(10-17(25)21-18-15(19)6-3-7-16(18)20)9-13(24)11-28-14-5-2-4-12(8-14)23(26)27/h2-8,13,24H,9-11H2,1H3,(H,21,25). The van der Waals surface area contributed by atoms with Crippen molar-refractivity contribution < 1.29 is 19.6 Å². The maximum atomic E-state index is 12.1. The van der Waals surface area contributed by atoms with E-state index in [1.165, 1.54) is 18.2 Å². The van der Waals surface area contributed by atoms with Crippen molar-refractivity contribution in [3.8, 4) is 5.75 Å². The van der Waals surface area contributed by atoms with Crippen LogP contribution in [0, 0.1) is 10.1 Å². The zero-order valence-corrected chi connectivity index (χ0v) is 16.5. The highest BCUT2D eigenvalue weighted by Crippen LogP contribution is 2.29. The van der Waals surface area contributed by atoms with Crippen LogP contribution in [0.2, 0.25) is 10.0 Å². The number of para-hydroxylation sites is 1. The number of hydrogen-bond donors (Lipinski definition) is 2. The molecule has 1 amide bonds. The van der Waals surface area contributed by atoms with Crippen LogP contribution in [-0.2, 0) is 4.79 Å². The Morgan fingerprint density at radius 2 is 1.93 bits per heavy atom. The second-order valence-electron chi connectivity index (χ2n) is 6.06. The molecule has 2 aromatic carbocycles. The van der Waals surface area contributed by atoms with Crippen molar-refractivity contribution in [3.63, 3.8) is 0 Å². The normalized spacial score (nSPS) is 11.9. The summed E-state index contributed by atoms with van der Waals surface area (Å²) in [6.45, 7) is 0.0670. The van der Waals surface area contributed by atoms with Crippen molar-refractivity contribution in [2.45, 2.75) is 6.10 Å². The number of non-ortho nitro benzene ring substituents is 1. The SMILES string of the molecule is CN(CC(=O)Nc1c(Cl)cccc1Cl)CC(O)COc1cccc([N+](=O)[O-])c1. The van der Waals surface area contributed by atoms with Gasteiger partial charge in [0.15, 0.2) is 0 Å². The number of aliphatic hydroxyl groups excluding tert-OH is 1. The van der Waals surface area contributed by atoms with Crippen molar-refractivity contribution in [3.05, 3.63) is 62.6 Å². The van der Waals surface area contributed by atoms with Crippen molar-refractivity contribution in [1.82, 2.24) is 4.90 Å². The lowest BCUT2D eigenvalue weighted by Crippen LogP contribution is -2.37. The van der Waals surface area contributed by atoms with Gasteiger partial charge in [-0.3, -0.25) is 19.8 Å². The highest BCUT2D eigenvalue weighted by molar-refractivity contribution is 6.39. The number of nitro groups is 1. The number of likely N-dealkylation sites (N-methyl/N-ethyl adjacent to an activating group) is 1. The molecule has 0 bridgehead atoms. The molecule has 0 saturated carbocycles. The summed E-state index contributed by atoms with van der Waals surface area (Å²) in [5, 5.41) is 24.1. The summed E-state index contributed by atoms with van der Waals surface area (Å²) in [6, 6.07) is 10.6. The summed E-state index contributed by atoms with van der Waals surface area (Å²) < 4.78 is 5.38. The third kappa shape index (κ3) is 6.65. The summed E-state index contributed by atoms with van der Waals surface area (Å²) in [5.41, 5.74) is 0.234. The number of nitro benzene ring substituents is 1. The fraction of sp³-hybridized carbons (Fsp3) is 0.278. The second kappa shape index (κ2) is 10.2. The van der Waals surface area contributed by atoms with Crippen LogP contribution in [0.5, 0.6) is 5.75 Å². The predicted molar refractivity (Wildman–Crippen MR) is 107 cm³/mol. The minimum Gasteiger partial charge on any atom is -0.491 e. The molecule has 28 heavy (non-hydrogen) atoms. The largest absolute Gasteiger partial charge is 0.491 e. The average Bonchev–Trinajstić information content (AvgIpc) is 2.63. The number of aliphatic hydroxyl groups is 1. The molecule has 0 aliphatic carbocycles. The molecule has 0 radical (unpaired) electrons. The molecule has 0 heterocycles. The third-order valence-electron chi connectivity index (χ3n) is 3.63. The van der Waals surface area contributed by atoms with E-state index in [0.29, 0.717) is 15.7 Å². The van der Waals surface area contributed by atoms with Gasteiger partial charge in [-0.2, -0.15) is 0 Å².